The smallest absolute Gasteiger partial charge is 0.274 e. The summed E-state index contributed by atoms with van der Waals surface area (Å²) in [6, 6.07) is 19.5. The molecule has 1 saturated heterocycles. The molecule has 320 valence electrons. The van der Waals surface area contributed by atoms with Crippen molar-refractivity contribution in [3.63, 3.8) is 0 Å². The Morgan fingerprint density at radius 1 is 1.05 bits per heavy atom. The molecule has 2 N–H and O–H groups in total. The molecular formula is C46H52ClN7O6S. The lowest BCUT2D eigenvalue weighted by Gasteiger charge is -2.39. The summed E-state index contributed by atoms with van der Waals surface area (Å²) in [7, 11) is -0.591. The van der Waals surface area contributed by atoms with Gasteiger partial charge in [0.2, 0.25) is 0 Å². The van der Waals surface area contributed by atoms with Crippen LogP contribution in [0, 0.1) is 21.4 Å². The molecule has 1 atom stereocenters. The first-order valence-electron chi connectivity index (χ1n) is 20.8. The highest BCUT2D eigenvalue weighted by atomic mass is 35.5. The molecule has 2 aliphatic carbocycles. The van der Waals surface area contributed by atoms with E-state index >= 15 is 0 Å². The number of fused-ring (bicyclic) bond motifs is 2. The number of sulfonamides is 1. The van der Waals surface area contributed by atoms with Crippen LogP contribution in [-0.2, 0) is 22.9 Å². The molecule has 0 radical (unpaired) electrons. The zero-order valence-corrected chi connectivity index (χ0v) is 36.6. The van der Waals surface area contributed by atoms with E-state index in [1.807, 2.05) is 32.3 Å². The van der Waals surface area contributed by atoms with Crippen molar-refractivity contribution in [3.8, 4) is 11.5 Å². The molecule has 13 nitrogen and oxygen atoms in total. The molecule has 8 rings (SSSR count). The van der Waals surface area contributed by atoms with Gasteiger partial charge in [-0.15, -0.1) is 0 Å². The van der Waals surface area contributed by atoms with E-state index in [2.05, 4.69) is 55.4 Å². The lowest BCUT2D eigenvalue weighted by atomic mass is 9.72. The van der Waals surface area contributed by atoms with Crippen LogP contribution in [-0.4, -0.2) is 92.4 Å². The SMILES string of the molecule is CN(C)CC[C@H]1Cc2cc(S(=O)(=O)NC(=O)c3ccc(N4CCN(CC5=C(c6ccc(Cl)cc6)CC(C)(C)CC5)CC4)cc3Oc3cnc4[nH]ccc4c3)cc([N+](=O)[O-])c2C1. The number of nitro groups is 1. The van der Waals surface area contributed by atoms with Gasteiger partial charge in [0, 0.05) is 72.7 Å². The lowest BCUT2D eigenvalue weighted by Crippen LogP contribution is -2.47. The van der Waals surface area contributed by atoms with Crippen LogP contribution in [0.1, 0.15) is 66.6 Å². The molecule has 3 aliphatic rings. The van der Waals surface area contributed by atoms with Gasteiger partial charge in [-0.05, 0) is 130 Å². The molecule has 3 aromatic carbocycles. The Morgan fingerprint density at radius 3 is 2.56 bits per heavy atom. The fourth-order valence-electron chi connectivity index (χ4n) is 8.96. The number of carbonyl (C=O) groups excluding carboxylic acids is 1. The van der Waals surface area contributed by atoms with Crippen LogP contribution in [0.2, 0.25) is 5.02 Å². The van der Waals surface area contributed by atoms with Crippen LogP contribution in [0.25, 0.3) is 16.6 Å². The number of carbonyl (C=O) groups is 1. The number of benzene rings is 3. The van der Waals surface area contributed by atoms with Crippen LogP contribution < -0.4 is 14.4 Å². The maximum atomic E-state index is 14.0. The largest absolute Gasteiger partial charge is 0.455 e. The second kappa shape index (κ2) is 17.2. The monoisotopic (exact) mass is 865 g/mol. The van der Waals surface area contributed by atoms with Crippen molar-refractivity contribution >= 4 is 55.5 Å². The lowest BCUT2D eigenvalue weighted by molar-refractivity contribution is -0.385. The zero-order valence-electron chi connectivity index (χ0n) is 35.0. The number of pyridine rings is 1. The van der Waals surface area contributed by atoms with Crippen molar-refractivity contribution in [2.45, 2.75) is 57.3 Å². The highest BCUT2D eigenvalue weighted by molar-refractivity contribution is 7.90. The number of ether oxygens (including phenoxy) is 1. The van der Waals surface area contributed by atoms with Crippen molar-refractivity contribution in [1.82, 2.24) is 24.5 Å². The molecule has 1 amide bonds. The topological polar surface area (TPSA) is 154 Å². The molecule has 0 saturated carbocycles. The van der Waals surface area contributed by atoms with Gasteiger partial charge in [-0.3, -0.25) is 19.8 Å². The van der Waals surface area contributed by atoms with Crippen molar-refractivity contribution in [2.75, 3.05) is 58.3 Å². The fourth-order valence-corrected chi connectivity index (χ4v) is 10.1. The molecule has 0 spiro atoms. The van der Waals surface area contributed by atoms with Crippen molar-refractivity contribution in [2.24, 2.45) is 11.3 Å². The van der Waals surface area contributed by atoms with Gasteiger partial charge in [0.25, 0.3) is 21.6 Å². The molecule has 3 heterocycles. The molecule has 0 unspecified atom stereocenters. The van der Waals surface area contributed by atoms with E-state index < -0.39 is 20.9 Å². The molecule has 15 heteroatoms. The van der Waals surface area contributed by atoms with E-state index in [1.165, 1.54) is 29.0 Å². The minimum atomic E-state index is -4.53. The van der Waals surface area contributed by atoms with Gasteiger partial charge in [0.05, 0.1) is 21.6 Å². The van der Waals surface area contributed by atoms with Crippen molar-refractivity contribution < 1.29 is 22.9 Å². The van der Waals surface area contributed by atoms with Crippen molar-refractivity contribution in [3.05, 3.63) is 122 Å². The minimum Gasteiger partial charge on any atom is -0.455 e. The van der Waals surface area contributed by atoms with Gasteiger partial charge in [0.15, 0.2) is 0 Å². The molecule has 2 aromatic heterocycles. The first-order valence-corrected chi connectivity index (χ1v) is 22.7. The number of anilines is 1. The standard InChI is InChI=1S/C46H52ClN7O6S/c1-46(2)14-11-33(41(27-46)31-5-7-35(47)8-6-31)29-52-17-19-53(20-18-52)36-9-10-39(43(25-36)60-37-23-32-12-15-48-44(32)49-28-37)45(55)50-61(58,59)38-24-34-21-30(13-16-51(3)4)22-40(34)42(26-38)54(56)57/h5-10,12,15,23-26,28,30H,11,13-14,16-22,27,29H2,1-4H3,(H,48,49)(H,50,55)/t30-/m0/s1. The summed E-state index contributed by atoms with van der Waals surface area (Å²) in [6.45, 7) is 9.50. The number of allylic oxidation sites excluding steroid dienone is 1. The molecular weight excluding hydrogens is 814 g/mol. The number of H-pyrrole nitrogens is 1. The highest BCUT2D eigenvalue weighted by Crippen LogP contribution is 2.44. The molecule has 0 bridgehead atoms. The summed E-state index contributed by atoms with van der Waals surface area (Å²) in [5, 5.41) is 13.7. The first-order chi connectivity index (χ1) is 29.1. The van der Waals surface area contributed by atoms with E-state index in [-0.39, 0.29) is 33.2 Å². The molecule has 1 aliphatic heterocycles. The highest BCUT2D eigenvalue weighted by Gasteiger charge is 2.34. The molecule has 61 heavy (non-hydrogen) atoms. The second-order valence-electron chi connectivity index (χ2n) is 17.7. The average Bonchev–Trinajstić information content (AvgIpc) is 3.87. The Kier molecular flexibility index (Phi) is 12.0. The summed E-state index contributed by atoms with van der Waals surface area (Å²) >= 11 is 6.24. The van der Waals surface area contributed by atoms with Crippen molar-refractivity contribution in [1.29, 1.82) is 0 Å². The van der Waals surface area contributed by atoms with Gasteiger partial charge in [0.1, 0.15) is 17.1 Å². The summed E-state index contributed by atoms with van der Waals surface area (Å²) < 4.78 is 36.3. The molecule has 5 aromatic rings. The van der Waals surface area contributed by atoms with E-state index in [9.17, 15) is 23.3 Å². The summed E-state index contributed by atoms with van der Waals surface area (Å²) in [5.41, 5.74) is 6.76. The number of aromatic amines is 1. The Labute approximate surface area is 361 Å². The number of hydrogen-bond donors (Lipinski definition) is 2. The number of rotatable bonds is 13. The number of amides is 1. The normalized spacial score (nSPS) is 18.1. The quantitative estimate of drug-likeness (QED) is 0.0870. The fraction of sp³-hybridized carbons (Fsp3) is 0.391. The Balaban J connectivity index is 1.02. The van der Waals surface area contributed by atoms with E-state index in [1.54, 1.807) is 30.5 Å². The number of nitro benzene ring substituents is 1. The number of aromatic nitrogens is 2. The van der Waals surface area contributed by atoms with Gasteiger partial charge in [-0.2, -0.15) is 0 Å². The predicted molar refractivity (Wildman–Crippen MR) is 239 cm³/mol. The number of piperazine rings is 1. The number of halogens is 1. The average molecular weight is 866 g/mol. The van der Waals surface area contributed by atoms with Gasteiger partial charge in [-0.1, -0.05) is 43.2 Å². The predicted octanol–water partition coefficient (Wildman–Crippen LogP) is 8.49. The van der Waals surface area contributed by atoms with Crippen LogP contribution in [0.3, 0.4) is 0 Å². The summed E-state index contributed by atoms with van der Waals surface area (Å²) in [6.07, 6.45) is 8.36. The second-order valence-corrected chi connectivity index (χ2v) is 19.8. The van der Waals surface area contributed by atoms with Gasteiger partial charge in [-0.25, -0.2) is 18.1 Å². The van der Waals surface area contributed by atoms with Gasteiger partial charge >= 0.3 is 0 Å². The van der Waals surface area contributed by atoms with E-state index in [4.69, 9.17) is 16.3 Å². The van der Waals surface area contributed by atoms with Crippen LogP contribution in [0.5, 0.6) is 11.5 Å². The minimum absolute atomic E-state index is 0.0126. The Morgan fingerprint density at radius 2 is 1.82 bits per heavy atom. The Bertz CT molecular complexity index is 2620. The van der Waals surface area contributed by atoms with Crippen LogP contribution >= 0.6 is 11.6 Å². The summed E-state index contributed by atoms with van der Waals surface area (Å²) in [4.78, 5) is 39.6. The third kappa shape index (κ3) is 9.62. The maximum Gasteiger partial charge on any atom is 0.274 e. The first kappa shape index (κ1) is 42.4. The third-order valence-electron chi connectivity index (χ3n) is 12.4. The van der Waals surface area contributed by atoms with Crippen LogP contribution in [0.15, 0.2) is 89.6 Å². The summed E-state index contributed by atoms with van der Waals surface area (Å²) in [5.74, 6) is -0.255. The number of hydrogen-bond acceptors (Lipinski definition) is 10. The molecule has 1 fully saturated rings. The Hall–Kier alpha value is -5.28. The number of nitrogens with zero attached hydrogens (tertiary/aromatic N) is 5. The number of nitrogens with one attached hydrogen (secondary N) is 2. The zero-order chi connectivity index (χ0) is 43.1. The third-order valence-corrected chi connectivity index (χ3v) is 13.9. The van der Waals surface area contributed by atoms with E-state index in [0.29, 0.717) is 35.4 Å². The van der Waals surface area contributed by atoms with E-state index in [0.717, 1.165) is 87.1 Å². The van der Waals surface area contributed by atoms with Gasteiger partial charge < -0.3 is 19.5 Å². The maximum absolute atomic E-state index is 14.0. The van der Waals surface area contributed by atoms with Crippen LogP contribution in [0.4, 0.5) is 11.4 Å².